The Morgan fingerprint density at radius 3 is 3.09 bits per heavy atom. The van der Waals surface area contributed by atoms with Gasteiger partial charge in [0.05, 0.1) is 23.5 Å². The molecule has 116 valence electrons. The Bertz CT molecular complexity index is 633. The summed E-state index contributed by atoms with van der Waals surface area (Å²) >= 11 is 1.52. The van der Waals surface area contributed by atoms with Gasteiger partial charge in [0.25, 0.3) is 0 Å². The molecule has 0 radical (unpaired) electrons. The molecular formula is C15H17N3O3S. The monoisotopic (exact) mass is 319 g/mol. The number of aldehydes is 1. The lowest BCUT2D eigenvalue weighted by Gasteiger charge is -2.23. The number of benzene rings is 1. The molecule has 1 aromatic rings. The van der Waals surface area contributed by atoms with Crippen molar-refractivity contribution < 1.29 is 14.7 Å². The summed E-state index contributed by atoms with van der Waals surface area (Å²) in [6.07, 6.45) is 5.82. The van der Waals surface area contributed by atoms with Gasteiger partial charge in [-0.25, -0.2) is 4.79 Å². The van der Waals surface area contributed by atoms with Gasteiger partial charge in [-0.2, -0.15) is 0 Å². The first kappa shape index (κ1) is 14.8. The maximum absolute atomic E-state index is 11.5. The molecule has 1 aromatic carbocycles. The predicted molar refractivity (Wildman–Crippen MR) is 89.3 cm³/mol. The van der Waals surface area contributed by atoms with Crippen LogP contribution in [0.3, 0.4) is 0 Å². The number of rotatable bonds is 6. The Kier molecular flexibility index (Phi) is 4.24. The summed E-state index contributed by atoms with van der Waals surface area (Å²) in [6.45, 7) is 1.23. The number of amides is 1. The van der Waals surface area contributed by atoms with E-state index in [9.17, 15) is 14.7 Å². The highest BCUT2D eigenvalue weighted by molar-refractivity contribution is 8.02. The van der Waals surface area contributed by atoms with Crippen LogP contribution in [0.25, 0.3) is 6.08 Å². The predicted octanol–water partition coefficient (Wildman–Crippen LogP) is 3.36. The number of nitrogens with one attached hydrogen (secondary N) is 1. The molecule has 1 amide bonds. The highest BCUT2D eigenvalue weighted by Gasteiger charge is 2.27. The molecule has 0 bridgehead atoms. The van der Waals surface area contributed by atoms with Crippen LogP contribution in [0.4, 0.5) is 21.9 Å². The number of carbonyl (C=O) groups excluding carboxylic acids is 1. The van der Waals surface area contributed by atoms with E-state index in [1.54, 1.807) is 0 Å². The molecule has 0 spiro atoms. The molecule has 3 rings (SSSR count). The van der Waals surface area contributed by atoms with Crippen molar-refractivity contribution in [2.24, 2.45) is 0 Å². The summed E-state index contributed by atoms with van der Waals surface area (Å²) in [7, 11) is 0. The third-order valence-corrected chi connectivity index (χ3v) is 4.57. The van der Waals surface area contributed by atoms with E-state index in [1.807, 2.05) is 18.2 Å². The van der Waals surface area contributed by atoms with Crippen molar-refractivity contribution in [3.05, 3.63) is 23.8 Å². The molecule has 0 fully saturated rings. The van der Waals surface area contributed by atoms with Crippen LogP contribution >= 0.6 is 12.1 Å². The number of nitrogens with zero attached hydrogens (tertiary/aromatic N) is 2. The van der Waals surface area contributed by atoms with Crippen LogP contribution in [0.5, 0.6) is 0 Å². The van der Waals surface area contributed by atoms with Crippen LogP contribution in [0, 0.1) is 0 Å². The quantitative estimate of drug-likeness (QED) is 0.476. The minimum Gasteiger partial charge on any atom is -0.465 e. The molecule has 0 atom stereocenters. The summed E-state index contributed by atoms with van der Waals surface area (Å²) in [6, 6.07) is 3.78. The van der Waals surface area contributed by atoms with Gasteiger partial charge in [-0.3, -0.25) is 9.21 Å². The Hall–Kier alpha value is -2.15. The van der Waals surface area contributed by atoms with Crippen LogP contribution in [0.2, 0.25) is 0 Å². The second-order valence-corrected chi connectivity index (χ2v) is 6.01. The van der Waals surface area contributed by atoms with Crippen molar-refractivity contribution in [1.29, 1.82) is 0 Å². The van der Waals surface area contributed by atoms with Crippen LogP contribution in [0.15, 0.2) is 18.2 Å². The molecule has 2 heterocycles. The third kappa shape index (κ3) is 2.76. The fourth-order valence-electron chi connectivity index (χ4n) is 2.67. The van der Waals surface area contributed by atoms with Gasteiger partial charge in [0.1, 0.15) is 6.29 Å². The van der Waals surface area contributed by atoms with Gasteiger partial charge < -0.3 is 14.6 Å². The molecule has 0 saturated heterocycles. The maximum Gasteiger partial charge on any atom is 0.411 e. The fraction of sp³-hybridized carbons (Fsp3) is 0.333. The number of hydrogen-bond donors (Lipinski definition) is 2. The van der Waals surface area contributed by atoms with Crippen molar-refractivity contribution >= 4 is 47.7 Å². The van der Waals surface area contributed by atoms with E-state index in [1.165, 1.54) is 17.0 Å². The first-order chi connectivity index (χ1) is 10.7. The number of unbranched alkanes of at least 4 members (excludes halogenated alkanes) is 2. The lowest BCUT2D eigenvalue weighted by Crippen LogP contribution is -2.30. The summed E-state index contributed by atoms with van der Waals surface area (Å²) in [5, 5.41) is 9.46. The Labute approximate surface area is 133 Å². The molecule has 0 aliphatic carbocycles. The van der Waals surface area contributed by atoms with E-state index in [0.717, 1.165) is 29.8 Å². The number of carboxylic acid groups (broad SMARTS) is 1. The zero-order valence-corrected chi connectivity index (χ0v) is 12.8. The Morgan fingerprint density at radius 2 is 2.32 bits per heavy atom. The minimum absolute atomic E-state index is 0.391. The first-order valence-corrected chi connectivity index (χ1v) is 7.97. The van der Waals surface area contributed by atoms with Crippen LogP contribution in [-0.4, -0.2) is 30.6 Å². The van der Waals surface area contributed by atoms with E-state index in [4.69, 9.17) is 0 Å². The molecule has 7 heteroatoms. The van der Waals surface area contributed by atoms with Gasteiger partial charge in [0, 0.05) is 30.8 Å². The molecule has 2 aliphatic rings. The smallest absolute Gasteiger partial charge is 0.411 e. The van der Waals surface area contributed by atoms with Gasteiger partial charge in [-0.15, -0.1) is 0 Å². The van der Waals surface area contributed by atoms with Crippen molar-refractivity contribution in [2.75, 3.05) is 27.0 Å². The molecular weight excluding hydrogens is 302 g/mol. The van der Waals surface area contributed by atoms with E-state index >= 15 is 0 Å². The van der Waals surface area contributed by atoms with Crippen molar-refractivity contribution in [3.8, 4) is 0 Å². The van der Waals surface area contributed by atoms with E-state index < -0.39 is 6.09 Å². The standard InChI is InChI=1S/C15H17N3O3S/c19-8-3-1-2-6-17(15(20)21)12-9-11-5-4-7-18-14(11)13(10-12)16-22-18/h4-5,8-10,16H,1-3,6-7H2,(H,20,21). The number of hydrogen-bond acceptors (Lipinski definition) is 5. The van der Waals surface area contributed by atoms with Gasteiger partial charge in [0.15, 0.2) is 0 Å². The summed E-state index contributed by atoms with van der Waals surface area (Å²) < 4.78 is 5.37. The summed E-state index contributed by atoms with van der Waals surface area (Å²) in [4.78, 5) is 23.2. The van der Waals surface area contributed by atoms with E-state index in [2.05, 4.69) is 15.1 Å². The SMILES string of the molecule is O=CCCCCN(C(=O)O)c1cc2c3c(c1)NSN3CC=C2. The number of carbonyl (C=O) groups is 2. The van der Waals surface area contributed by atoms with Crippen LogP contribution < -0.4 is 13.9 Å². The van der Waals surface area contributed by atoms with Gasteiger partial charge in [-0.05, 0) is 25.0 Å². The molecule has 22 heavy (non-hydrogen) atoms. The highest BCUT2D eigenvalue weighted by atomic mass is 32.2. The molecule has 0 saturated carbocycles. The maximum atomic E-state index is 11.5. The van der Waals surface area contributed by atoms with Gasteiger partial charge >= 0.3 is 6.09 Å². The molecule has 0 unspecified atom stereocenters. The van der Waals surface area contributed by atoms with Crippen LogP contribution in [-0.2, 0) is 4.79 Å². The largest absolute Gasteiger partial charge is 0.465 e. The summed E-state index contributed by atoms with van der Waals surface area (Å²) in [5.41, 5.74) is 3.74. The highest BCUT2D eigenvalue weighted by Crippen LogP contribution is 2.46. The van der Waals surface area contributed by atoms with Gasteiger partial charge in [-0.1, -0.05) is 12.2 Å². The van der Waals surface area contributed by atoms with Crippen molar-refractivity contribution in [2.45, 2.75) is 19.3 Å². The Balaban J connectivity index is 1.85. The molecule has 2 N–H and O–H groups in total. The lowest BCUT2D eigenvalue weighted by molar-refractivity contribution is -0.107. The zero-order chi connectivity index (χ0) is 15.5. The van der Waals surface area contributed by atoms with Crippen molar-refractivity contribution in [1.82, 2.24) is 0 Å². The molecule has 2 aliphatic heterocycles. The Morgan fingerprint density at radius 1 is 1.45 bits per heavy atom. The van der Waals surface area contributed by atoms with Crippen molar-refractivity contribution in [3.63, 3.8) is 0 Å². The number of anilines is 3. The zero-order valence-electron chi connectivity index (χ0n) is 12.0. The molecule has 6 nitrogen and oxygen atoms in total. The molecule has 0 aromatic heterocycles. The normalized spacial score (nSPS) is 14.5. The second-order valence-electron chi connectivity index (χ2n) is 5.18. The minimum atomic E-state index is -0.972. The third-order valence-electron chi connectivity index (χ3n) is 3.70. The first-order valence-electron chi connectivity index (χ1n) is 7.20. The average molecular weight is 319 g/mol. The van der Waals surface area contributed by atoms with Crippen LogP contribution in [0.1, 0.15) is 24.8 Å². The topological polar surface area (TPSA) is 72.9 Å². The van der Waals surface area contributed by atoms with E-state index in [0.29, 0.717) is 31.5 Å². The summed E-state index contributed by atoms with van der Waals surface area (Å²) in [5.74, 6) is 0. The van der Waals surface area contributed by atoms with Gasteiger partial charge in [0.2, 0.25) is 0 Å². The average Bonchev–Trinajstić information content (AvgIpc) is 2.92. The lowest BCUT2D eigenvalue weighted by atomic mass is 10.1. The fourth-order valence-corrected chi connectivity index (χ4v) is 3.49. The van der Waals surface area contributed by atoms with E-state index in [-0.39, 0.29) is 0 Å². The second kappa shape index (κ2) is 6.31.